The minimum absolute atomic E-state index is 0.0355. The Labute approximate surface area is 163 Å². The molecule has 0 unspecified atom stereocenters. The Kier molecular flexibility index (Phi) is 5.02. The number of fused-ring (bicyclic) bond motifs is 1. The first-order valence-corrected chi connectivity index (χ1v) is 9.20. The van der Waals surface area contributed by atoms with Crippen molar-refractivity contribution < 1.29 is 18.8 Å². The van der Waals surface area contributed by atoms with Crippen molar-refractivity contribution in [2.45, 2.75) is 19.4 Å². The molecule has 1 amide bonds. The summed E-state index contributed by atoms with van der Waals surface area (Å²) in [6.07, 6.45) is 1.01. The number of hydrogen-bond donors (Lipinski definition) is 0. The molecule has 28 heavy (non-hydrogen) atoms. The Morgan fingerprint density at radius 3 is 2.50 bits per heavy atom. The van der Waals surface area contributed by atoms with Crippen LogP contribution in [0, 0.1) is 0 Å². The Bertz CT molecular complexity index is 981. The number of rotatable bonds is 5. The molecule has 6 nitrogen and oxygen atoms in total. The molecule has 0 radical (unpaired) electrons. The second kappa shape index (κ2) is 7.76. The third-order valence-corrected chi connectivity index (χ3v) is 5.02. The maximum Gasteiger partial charge on any atom is 0.229 e. The molecule has 1 aliphatic heterocycles. The SMILES string of the molecule is COc1cc2c(cc1OC)CN(C(=O)Cc1cc(-c3ccccc3)on1)CC2. The van der Waals surface area contributed by atoms with Crippen LogP contribution in [0.2, 0.25) is 0 Å². The predicted octanol–water partition coefficient (Wildman–Crippen LogP) is 3.49. The summed E-state index contributed by atoms with van der Waals surface area (Å²) < 4.78 is 16.2. The van der Waals surface area contributed by atoms with Crippen LogP contribution in [0.25, 0.3) is 11.3 Å². The first kappa shape index (κ1) is 18.1. The maximum atomic E-state index is 12.8. The van der Waals surface area contributed by atoms with Gasteiger partial charge in [-0.1, -0.05) is 35.5 Å². The fraction of sp³-hybridized carbons (Fsp3) is 0.273. The number of ether oxygens (including phenoxy) is 2. The number of methoxy groups -OCH3 is 2. The minimum Gasteiger partial charge on any atom is -0.493 e. The van der Waals surface area contributed by atoms with E-state index in [1.165, 1.54) is 5.56 Å². The van der Waals surface area contributed by atoms with E-state index in [2.05, 4.69) is 5.16 Å². The molecule has 3 aromatic rings. The Morgan fingerprint density at radius 2 is 1.79 bits per heavy atom. The van der Waals surface area contributed by atoms with E-state index in [0.29, 0.717) is 30.3 Å². The van der Waals surface area contributed by atoms with Crippen LogP contribution in [-0.4, -0.2) is 36.7 Å². The summed E-state index contributed by atoms with van der Waals surface area (Å²) in [6, 6.07) is 15.5. The van der Waals surface area contributed by atoms with E-state index in [-0.39, 0.29) is 12.3 Å². The van der Waals surface area contributed by atoms with Crippen LogP contribution in [0.15, 0.2) is 53.1 Å². The molecule has 0 saturated heterocycles. The van der Waals surface area contributed by atoms with E-state index >= 15 is 0 Å². The molecular weight excluding hydrogens is 356 g/mol. The molecule has 0 aliphatic carbocycles. The molecule has 1 aliphatic rings. The molecule has 0 spiro atoms. The highest BCUT2D eigenvalue weighted by molar-refractivity contribution is 5.79. The van der Waals surface area contributed by atoms with Crippen LogP contribution in [-0.2, 0) is 24.2 Å². The van der Waals surface area contributed by atoms with Gasteiger partial charge in [-0.2, -0.15) is 0 Å². The quantitative estimate of drug-likeness (QED) is 0.680. The fourth-order valence-corrected chi connectivity index (χ4v) is 3.50. The van der Waals surface area contributed by atoms with Gasteiger partial charge in [0.1, 0.15) is 0 Å². The summed E-state index contributed by atoms with van der Waals surface area (Å²) in [7, 11) is 3.25. The van der Waals surface area contributed by atoms with Crippen molar-refractivity contribution >= 4 is 5.91 Å². The monoisotopic (exact) mass is 378 g/mol. The van der Waals surface area contributed by atoms with E-state index in [1.807, 2.05) is 53.4 Å². The predicted molar refractivity (Wildman–Crippen MR) is 104 cm³/mol. The Balaban J connectivity index is 1.46. The molecule has 4 rings (SSSR count). The molecule has 0 bridgehead atoms. The summed E-state index contributed by atoms with van der Waals surface area (Å²) >= 11 is 0. The fourth-order valence-electron chi connectivity index (χ4n) is 3.50. The maximum absolute atomic E-state index is 12.8. The lowest BCUT2D eigenvalue weighted by atomic mass is 9.98. The Morgan fingerprint density at radius 1 is 1.07 bits per heavy atom. The first-order valence-electron chi connectivity index (χ1n) is 9.20. The molecule has 6 heteroatoms. The van der Waals surface area contributed by atoms with E-state index in [1.54, 1.807) is 14.2 Å². The third kappa shape index (κ3) is 3.58. The van der Waals surface area contributed by atoms with Crippen molar-refractivity contribution in [3.05, 3.63) is 65.4 Å². The molecular formula is C22H22N2O4. The molecule has 2 heterocycles. The van der Waals surface area contributed by atoms with Gasteiger partial charge in [0.25, 0.3) is 0 Å². The van der Waals surface area contributed by atoms with Crippen LogP contribution in [0.4, 0.5) is 0 Å². The van der Waals surface area contributed by atoms with Crippen LogP contribution in [0.5, 0.6) is 11.5 Å². The van der Waals surface area contributed by atoms with Crippen LogP contribution in [0.3, 0.4) is 0 Å². The topological polar surface area (TPSA) is 64.8 Å². The van der Waals surface area contributed by atoms with Gasteiger partial charge in [-0.25, -0.2) is 0 Å². The number of aromatic nitrogens is 1. The van der Waals surface area contributed by atoms with Gasteiger partial charge < -0.3 is 18.9 Å². The number of benzene rings is 2. The average Bonchev–Trinajstić information content (AvgIpc) is 3.21. The van der Waals surface area contributed by atoms with Gasteiger partial charge in [0, 0.05) is 24.7 Å². The van der Waals surface area contributed by atoms with Crippen molar-refractivity contribution in [2.24, 2.45) is 0 Å². The molecule has 0 saturated carbocycles. The van der Waals surface area contributed by atoms with Crippen molar-refractivity contribution in [2.75, 3.05) is 20.8 Å². The van der Waals surface area contributed by atoms with E-state index in [4.69, 9.17) is 14.0 Å². The highest BCUT2D eigenvalue weighted by atomic mass is 16.5. The van der Waals surface area contributed by atoms with E-state index in [9.17, 15) is 4.79 Å². The molecule has 0 fully saturated rings. The summed E-state index contributed by atoms with van der Waals surface area (Å²) in [4.78, 5) is 14.6. The van der Waals surface area contributed by atoms with Crippen molar-refractivity contribution in [1.82, 2.24) is 10.1 Å². The standard InChI is InChI=1S/C22H22N2O4/c1-26-20-10-16-8-9-24(14-17(16)11-21(20)27-2)22(25)13-18-12-19(28-23-18)15-6-4-3-5-7-15/h3-7,10-12H,8-9,13-14H2,1-2H3. The first-order chi connectivity index (χ1) is 13.7. The van der Waals surface area contributed by atoms with Crippen molar-refractivity contribution in [3.63, 3.8) is 0 Å². The van der Waals surface area contributed by atoms with Gasteiger partial charge in [-0.3, -0.25) is 4.79 Å². The summed E-state index contributed by atoms with van der Waals surface area (Å²) in [6.45, 7) is 1.22. The highest BCUT2D eigenvalue weighted by Gasteiger charge is 2.23. The lowest BCUT2D eigenvalue weighted by Crippen LogP contribution is -2.37. The highest BCUT2D eigenvalue weighted by Crippen LogP contribution is 2.33. The number of hydrogen-bond acceptors (Lipinski definition) is 5. The second-order valence-corrected chi connectivity index (χ2v) is 6.77. The number of nitrogens with zero attached hydrogens (tertiary/aromatic N) is 2. The third-order valence-electron chi connectivity index (χ3n) is 5.02. The normalized spacial score (nSPS) is 13.1. The van der Waals surface area contributed by atoms with Gasteiger partial charge in [0.05, 0.1) is 26.3 Å². The van der Waals surface area contributed by atoms with Gasteiger partial charge in [0.2, 0.25) is 5.91 Å². The van der Waals surface area contributed by atoms with Crippen LogP contribution >= 0.6 is 0 Å². The molecule has 0 atom stereocenters. The molecule has 2 aromatic carbocycles. The average molecular weight is 378 g/mol. The minimum atomic E-state index is 0.0355. The summed E-state index contributed by atoms with van der Waals surface area (Å²) in [5.41, 5.74) is 3.86. The number of carbonyl (C=O) groups is 1. The molecule has 144 valence electrons. The Hall–Kier alpha value is -3.28. The summed E-state index contributed by atoms with van der Waals surface area (Å²) in [5.74, 6) is 2.11. The van der Waals surface area contributed by atoms with E-state index in [0.717, 1.165) is 23.3 Å². The van der Waals surface area contributed by atoms with Crippen molar-refractivity contribution in [3.8, 4) is 22.8 Å². The van der Waals surface area contributed by atoms with Crippen molar-refractivity contribution in [1.29, 1.82) is 0 Å². The largest absolute Gasteiger partial charge is 0.493 e. The van der Waals surface area contributed by atoms with Gasteiger partial charge in [-0.15, -0.1) is 0 Å². The zero-order valence-electron chi connectivity index (χ0n) is 16.0. The van der Waals surface area contributed by atoms with Crippen LogP contribution in [0.1, 0.15) is 16.8 Å². The summed E-state index contributed by atoms with van der Waals surface area (Å²) in [5, 5.41) is 4.06. The zero-order valence-corrected chi connectivity index (χ0v) is 16.0. The lowest BCUT2D eigenvalue weighted by molar-refractivity contribution is -0.131. The molecule has 0 N–H and O–H groups in total. The number of amides is 1. The lowest BCUT2D eigenvalue weighted by Gasteiger charge is -2.29. The zero-order chi connectivity index (χ0) is 19.5. The van der Waals surface area contributed by atoms with Crippen LogP contribution < -0.4 is 9.47 Å². The van der Waals surface area contributed by atoms with Gasteiger partial charge in [-0.05, 0) is 29.7 Å². The second-order valence-electron chi connectivity index (χ2n) is 6.77. The van der Waals surface area contributed by atoms with Gasteiger partial charge >= 0.3 is 0 Å². The van der Waals surface area contributed by atoms with E-state index < -0.39 is 0 Å². The van der Waals surface area contributed by atoms with Gasteiger partial charge in [0.15, 0.2) is 17.3 Å². The molecule has 1 aromatic heterocycles. The smallest absolute Gasteiger partial charge is 0.229 e. The number of carbonyl (C=O) groups excluding carboxylic acids is 1.